The van der Waals surface area contributed by atoms with Gasteiger partial charge >= 0.3 is 12.1 Å². The SMILES string of the molecule is COCCCCN(C)C(=O)C(CC(=O)O)NC(=O)OCC1c2ccccc2-c2ccccc21. The lowest BCUT2D eigenvalue weighted by molar-refractivity contribution is -0.142. The van der Waals surface area contributed by atoms with Crippen LogP contribution in [0.3, 0.4) is 0 Å². The molecule has 1 unspecified atom stereocenters. The van der Waals surface area contributed by atoms with E-state index in [1.54, 1.807) is 14.2 Å². The Morgan fingerprint density at radius 2 is 1.64 bits per heavy atom. The molecule has 3 rings (SSSR count). The maximum absolute atomic E-state index is 12.7. The van der Waals surface area contributed by atoms with Gasteiger partial charge in [0.1, 0.15) is 12.6 Å². The molecule has 1 aliphatic carbocycles. The number of benzene rings is 2. The van der Waals surface area contributed by atoms with Crippen LogP contribution in [0, 0.1) is 0 Å². The van der Waals surface area contributed by atoms with E-state index in [4.69, 9.17) is 9.47 Å². The van der Waals surface area contributed by atoms with Crippen molar-refractivity contribution in [3.8, 4) is 11.1 Å². The van der Waals surface area contributed by atoms with E-state index in [9.17, 15) is 19.5 Å². The number of likely N-dealkylation sites (N-methyl/N-ethyl adjacent to an activating group) is 1. The van der Waals surface area contributed by atoms with Gasteiger partial charge in [-0.15, -0.1) is 0 Å². The van der Waals surface area contributed by atoms with Gasteiger partial charge in [-0.2, -0.15) is 0 Å². The van der Waals surface area contributed by atoms with E-state index in [1.807, 2.05) is 48.5 Å². The molecule has 2 aromatic carbocycles. The van der Waals surface area contributed by atoms with E-state index >= 15 is 0 Å². The first kappa shape index (κ1) is 24.3. The molecule has 0 spiro atoms. The number of nitrogens with zero attached hydrogens (tertiary/aromatic N) is 1. The number of alkyl carbamates (subject to hydrolysis) is 1. The van der Waals surface area contributed by atoms with Gasteiger partial charge in [0.15, 0.2) is 0 Å². The molecule has 0 aliphatic heterocycles. The van der Waals surface area contributed by atoms with Crippen molar-refractivity contribution in [2.24, 2.45) is 0 Å². The molecule has 0 heterocycles. The van der Waals surface area contributed by atoms with Crippen LogP contribution in [0.15, 0.2) is 48.5 Å². The average Bonchev–Trinajstić information content (AvgIpc) is 3.13. The van der Waals surface area contributed by atoms with Crippen LogP contribution in [-0.4, -0.2) is 67.9 Å². The number of nitrogens with one attached hydrogen (secondary N) is 1. The Bertz CT molecular complexity index is 947. The van der Waals surface area contributed by atoms with Crippen LogP contribution in [0.4, 0.5) is 4.79 Å². The fraction of sp³-hybridized carbons (Fsp3) is 0.400. The van der Waals surface area contributed by atoms with Crippen molar-refractivity contribution in [2.75, 3.05) is 33.9 Å². The van der Waals surface area contributed by atoms with Crippen molar-refractivity contribution >= 4 is 18.0 Å². The Hall–Kier alpha value is -3.39. The summed E-state index contributed by atoms with van der Waals surface area (Å²) in [5.74, 6) is -1.77. The van der Waals surface area contributed by atoms with Crippen LogP contribution in [-0.2, 0) is 19.1 Å². The van der Waals surface area contributed by atoms with Crippen LogP contribution in [0.2, 0.25) is 0 Å². The summed E-state index contributed by atoms with van der Waals surface area (Å²) in [6.07, 6.45) is 0.147. The molecule has 0 fully saturated rings. The van der Waals surface area contributed by atoms with Crippen LogP contribution in [0.5, 0.6) is 0 Å². The molecule has 33 heavy (non-hydrogen) atoms. The highest BCUT2D eigenvalue weighted by atomic mass is 16.5. The molecular formula is C25H30N2O6. The second-order valence-corrected chi connectivity index (χ2v) is 8.08. The summed E-state index contributed by atoms with van der Waals surface area (Å²) in [5.41, 5.74) is 4.35. The van der Waals surface area contributed by atoms with Crippen molar-refractivity contribution in [3.63, 3.8) is 0 Å². The summed E-state index contributed by atoms with van der Waals surface area (Å²) in [5, 5.41) is 11.7. The first-order valence-electron chi connectivity index (χ1n) is 11.0. The number of unbranched alkanes of at least 4 members (excludes halogenated alkanes) is 1. The highest BCUT2D eigenvalue weighted by molar-refractivity contribution is 5.89. The molecule has 1 aliphatic rings. The predicted molar refractivity (Wildman–Crippen MR) is 123 cm³/mol. The van der Waals surface area contributed by atoms with E-state index in [0.29, 0.717) is 19.6 Å². The summed E-state index contributed by atoms with van der Waals surface area (Å²) in [6.45, 7) is 1.10. The van der Waals surface area contributed by atoms with Crippen molar-refractivity contribution in [1.29, 1.82) is 0 Å². The largest absolute Gasteiger partial charge is 0.481 e. The molecule has 2 aromatic rings. The monoisotopic (exact) mass is 454 g/mol. The molecule has 2 amide bonds. The number of carboxylic acids is 1. The Labute approximate surface area is 193 Å². The summed E-state index contributed by atoms with van der Waals surface area (Å²) in [7, 11) is 3.19. The molecule has 0 bridgehead atoms. The maximum Gasteiger partial charge on any atom is 0.407 e. The quantitative estimate of drug-likeness (QED) is 0.505. The van der Waals surface area contributed by atoms with Gasteiger partial charge in [0, 0.05) is 33.2 Å². The van der Waals surface area contributed by atoms with Crippen LogP contribution in [0.25, 0.3) is 11.1 Å². The summed E-state index contributed by atoms with van der Waals surface area (Å²) in [6, 6.07) is 14.7. The number of rotatable bonds is 11. The van der Waals surface area contributed by atoms with Crippen molar-refractivity contribution < 1.29 is 29.0 Å². The molecular weight excluding hydrogens is 424 g/mol. The zero-order chi connectivity index (χ0) is 23.8. The smallest absolute Gasteiger partial charge is 0.407 e. The lowest BCUT2D eigenvalue weighted by Crippen LogP contribution is -2.49. The van der Waals surface area contributed by atoms with Gasteiger partial charge in [0.25, 0.3) is 0 Å². The van der Waals surface area contributed by atoms with E-state index in [1.165, 1.54) is 4.90 Å². The molecule has 176 valence electrons. The van der Waals surface area contributed by atoms with Gasteiger partial charge in [-0.25, -0.2) is 4.79 Å². The highest BCUT2D eigenvalue weighted by Gasteiger charge is 2.31. The van der Waals surface area contributed by atoms with E-state index in [-0.39, 0.29) is 12.5 Å². The molecule has 0 saturated heterocycles. The van der Waals surface area contributed by atoms with Gasteiger partial charge in [0.05, 0.1) is 6.42 Å². The summed E-state index contributed by atoms with van der Waals surface area (Å²) < 4.78 is 10.5. The number of carboxylic acid groups (broad SMARTS) is 1. The number of ether oxygens (including phenoxy) is 2. The lowest BCUT2D eigenvalue weighted by atomic mass is 9.98. The number of hydrogen-bond acceptors (Lipinski definition) is 5. The minimum absolute atomic E-state index is 0.0840. The Morgan fingerprint density at radius 3 is 2.21 bits per heavy atom. The predicted octanol–water partition coefficient (Wildman–Crippen LogP) is 3.25. The van der Waals surface area contributed by atoms with Gasteiger partial charge < -0.3 is 24.8 Å². The number of fused-ring (bicyclic) bond motifs is 3. The number of hydrogen-bond donors (Lipinski definition) is 2. The highest BCUT2D eigenvalue weighted by Crippen LogP contribution is 2.44. The summed E-state index contributed by atoms with van der Waals surface area (Å²) >= 11 is 0. The zero-order valence-corrected chi connectivity index (χ0v) is 19.0. The topological polar surface area (TPSA) is 105 Å². The molecule has 0 saturated carbocycles. The van der Waals surface area contributed by atoms with Crippen LogP contribution < -0.4 is 5.32 Å². The molecule has 8 heteroatoms. The number of aliphatic carboxylic acids is 1. The second kappa shape index (κ2) is 11.5. The van der Waals surface area contributed by atoms with E-state index < -0.39 is 30.4 Å². The standard InChI is InChI=1S/C25H30N2O6/c1-27(13-7-8-14-32-2)24(30)22(15-23(28)29)26-25(31)33-16-21-19-11-5-3-9-17(19)18-10-4-6-12-20(18)21/h3-6,9-12,21-22H,7-8,13-16H2,1-2H3,(H,26,31)(H,28,29). The molecule has 0 aromatic heterocycles. The maximum atomic E-state index is 12.7. The minimum atomic E-state index is -1.20. The molecule has 0 radical (unpaired) electrons. The van der Waals surface area contributed by atoms with Crippen LogP contribution in [0.1, 0.15) is 36.3 Å². The van der Waals surface area contributed by atoms with Crippen molar-refractivity contribution in [2.45, 2.75) is 31.2 Å². The third-order valence-electron chi connectivity index (χ3n) is 5.78. The Balaban J connectivity index is 1.62. The fourth-order valence-corrected chi connectivity index (χ4v) is 4.13. The van der Waals surface area contributed by atoms with Crippen molar-refractivity contribution in [1.82, 2.24) is 10.2 Å². The Morgan fingerprint density at radius 1 is 1.03 bits per heavy atom. The van der Waals surface area contributed by atoms with Gasteiger partial charge in [-0.1, -0.05) is 48.5 Å². The zero-order valence-electron chi connectivity index (χ0n) is 19.0. The third-order valence-corrected chi connectivity index (χ3v) is 5.78. The normalized spacial score (nSPS) is 13.0. The van der Waals surface area contributed by atoms with Gasteiger partial charge in [-0.3, -0.25) is 9.59 Å². The lowest BCUT2D eigenvalue weighted by Gasteiger charge is -2.24. The fourth-order valence-electron chi connectivity index (χ4n) is 4.13. The van der Waals surface area contributed by atoms with Crippen molar-refractivity contribution in [3.05, 3.63) is 59.7 Å². The molecule has 8 nitrogen and oxygen atoms in total. The number of amides is 2. The Kier molecular flexibility index (Phi) is 8.43. The third kappa shape index (κ3) is 6.10. The number of methoxy groups -OCH3 is 1. The number of carbonyl (C=O) groups excluding carboxylic acids is 2. The number of carbonyl (C=O) groups is 3. The first-order valence-corrected chi connectivity index (χ1v) is 11.0. The minimum Gasteiger partial charge on any atom is -0.481 e. The second-order valence-electron chi connectivity index (χ2n) is 8.08. The van der Waals surface area contributed by atoms with E-state index in [2.05, 4.69) is 5.32 Å². The molecule has 2 N–H and O–H groups in total. The van der Waals surface area contributed by atoms with Gasteiger partial charge in [0.2, 0.25) is 5.91 Å². The van der Waals surface area contributed by atoms with Gasteiger partial charge in [-0.05, 0) is 35.1 Å². The van der Waals surface area contributed by atoms with Crippen LogP contribution >= 0.6 is 0 Å². The average molecular weight is 455 g/mol. The van der Waals surface area contributed by atoms with E-state index in [0.717, 1.165) is 28.7 Å². The molecule has 1 atom stereocenters. The summed E-state index contributed by atoms with van der Waals surface area (Å²) in [4.78, 5) is 38.0. The first-order chi connectivity index (χ1) is 15.9.